The lowest BCUT2D eigenvalue weighted by Gasteiger charge is -2.19. The van der Waals surface area contributed by atoms with Gasteiger partial charge in [-0.1, -0.05) is 18.5 Å². The molecule has 1 heterocycles. The lowest BCUT2D eigenvalue weighted by Crippen LogP contribution is -2.32. The summed E-state index contributed by atoms with van der Waals surface area (Å²) in [6.07, 6.45) is 0.725. The molecule has 2 amide bonds. The summed E-state index contributed by atoms with van der Waals surface area (Å²) in [5.41, 5.74) is 0.968. The van der Waals surface area contributed by atoms with Crippen molar-refractivity contribution in [1.82, 2.24) is 0 Å². The molecule has 2 aromatic rings. The summed E-state index contributed by atoms with van der Waals surface area (Å²) in [5, 5.41) is 2.59. The Balaban J connectivity index is 1.83. The molecule has 0 aromatic heterocycles. The van der Waals surface area contributed by atoms with Crippen LogP contribution in [-0.4, -0.2) is 38.6 Å². The SMILES string of the molecule is CCCOC(=O)c1ccc(NC2=C(Cl)C(=O)N(c3cc(OC)ccc3OC)C2=O)cc1. The maximum absolute atomic E-state index is 13.0. The molecule has 0 spiro atoms. The smallest absolute Gasteiger partial charge is 0.338 e. The number of methoxy groups -OCH3 is 2. The number of esters is 1. The van der Waals surface area contributed by atoms with E-state index in [0.717, 1.165) is 11.3 Å². The number of carbonyl (C=O) groups is 3. The van der Waals surface area contributed by atoms with Crippen LogP contribution in [0, 0.1) is 0 Å². The predicted octanol–water partition coefficient (Wildman–Crippen LogP) is 3.71. The highest BCUT2D eigenvalue weighted by Gasteiger charge is 2.40. The molecule has 8 nitrogen and oxygen atoms in total. The Kier molecular flexibility index (Phi) is 6.81. The summed E-state index contributed by atoms with van der Waals surface area (Å²) in [6.45, 7) is 2.24. The van der Waals surface area contributed by atoms with Gasteiger partial charge in [0.2, 0.25) is 0 Å². The monoisotopic (exact) mass is 444 g/mol. The predicted molar refractivity (Wildman–Crippen MR) is 116 cm³/mol. The molecule has 0 unspecified atom stereocenters. The van der Waals surface area contributed by atoms with Gasteiger partial charge in [0.25, 0.3) is 11.8 Å². The second kappa shape index (κ2) is 9.53. The molecule has 9 heteroatoms. The van der Waals surface area contributed by atoms with E-state index in [2.05, 4.69) is 5.32 Å². The van der Waals surface area contributed by atoms with Crippen LogP contribution in [0.2, 0.25) is 0 Å². The average Bonchev–Trinajstić information content (AvgIpc) is 3.00. The van der Waals surface area contributed by atoms with Gasteiger partial charge >= 0.3 is 5.97 Å². The fourth-order valence-corrected chi connectivity index (χ4v) is 3.13. The summed E-state index contributed by atoms with van der Waals surface area (Å²) in [6, 6.07) is 11.0. The summed E-state index contributed by atoms with van der Waals surface area (Å²) < 4.78 is 15.5. The minimum absolute atomic E-state index is 0.0853. The Morgan fingerprint density at radius 2 is 1.74 bits per heavy atom. The van der Waals surface area contributed by atoms with Crippen LogP contribution in [0.3, 0.4) is 0 Å². The first-order valence-corrected chi connectivity index (χ1v) is 9.83. The van der Waals surface area contributed by atoms with Gasteiger partial charge in [-0.15, -0.1) is 0 Å². The molecule has 3 rings (SSSR count). The molecule has 0 bridgehead atoms. The number of hydrogen-bond donors (Lipinski definition) is 1. The van der Waals surface area contributed by atoms with E-state index in [1.165, 1.54) is 20.3 Å². The van der Waals surface area contributed by atoms with Crippen LogP contribution in [0.4, 0.5) is 11.4 Å². The molecule has 0 saturated carbocycles. The number of ether oxygens (including phenoxy) is 3. The molecule has 0 atom stereocenters. The van der Waals surface area contributed by atoms with Crippen LogP contribution < -0.4 is 19.7 Å². The average molecular weight is 445 g/mol. The van der Waals surface area contributed by atoms with E-state index in [4.69, 9.17) is 25.8 Å². The fourth-order valence-electron chi connectivity index (χ4n) is 2.91. The van der Waals surface area contributed by atoms with Crippen molar-refractivity contribution in [3.8, 4) is 11.5 Å². The zero-order chi connectivity index (χ0) is 22.5. The topological polar surface area (TPSA) is 94.2 Å². The zero-order valence-electron chi connectivity index (χ0n) is 17.2. The van der Waals surface area contributed by atoms with Gasteiger partial charge in [0.05, 0.1) is 32.1 Å². The van der Waals surface area contributed by atoms with Crippen molar-refractivity contribution in [1.29, 1.82) is 0 Å². The highest BCUT2D eigenvalue weighted by Crippen LogP contribution is 2.37. The maximum atomic E-state index is 13.0. The van der Waals surface area contributed by atoms with Crippen LogP contribution in [0.25, 0.3) is 0 Å². The van der Waals surface area contributed by atoms with Gasteiger partial charge in [-0.25, -0.2) is 9.69 Å². The van der Waals surface area contributed by atoms with Crippen LogP contribution in [-0.2, 0) is 14.3 Å². The van der Waals surface area contributed by atoms with Crippen molar-refractivity contribution < 1.29 is 28.6 Å². The van der Waals surface area contributed by atoms with Gasteiger partial charge in [0.1, 0.15) is 22.2 Å². The molecular weight excluding hydrogens is 424 g/mol. The number of rotatable bonds is 8. The quantitative estimate of drug-likeness (QED) is 0.490. The normalized spacial score (nSPS) is 13.5. The highest BCUT2D eigenvalue weighted by atomic mass is 35.5. The Bertz CT molecular complexity index is 1050. The summed E-state index contributed by atoms with van der Waals surface area (Å²) in [7, 11) is 2.90. The Labute approximate surface area is 184 Å². The first-order valence-electron chi connectivity index (χ1n) is 9.46. The summed E-state index contributed by atoms with van der Waals surface area (Å²) in [5.74, 6) is -1.02. The molecule has 31 heavy (non-hydrogen) atoms. The van der Waals surface area contributed by atoms with Gasteiger partial charge in [-0.2, -0.15) is 0 Å². The van der Waals surface area contributed by atoms with E-state index in [1.807, 2.05) is 6.92 Å². The van der Waals surface area contributed by atoms with Crippen LogP contribution in [0.1, 0.15) is 23.7 Å². The summed E-state index contributed by atoms with van der Waals surface area (Å²) in [4.78, 5) is 38.6. The lowest BCUT2D eigenvalue weighted by atomic mass is 10.2. The van der Waals surface area contributed by atoms with Gasteiger partial charge in [-0.05, 0) is 42.8 Å². The van der Waals surface area contributed by atoms with Gasteiger partial charge in [0.15, 0.2) is 0 Å². The standard InChI is InChI=1S/C22H21ClN2O6/c1-4-11-31-22(28)13-5-7-14(8-6-13)24-19-18(23)20(26)25(21(19)27)16-12-15(29-2)9-10-17(16)30-3/h5-10,12,24H,4,11H2,1-3H3. The van der Waals surface area contributed by atoms with E-state index in [1.54, 1.807) is 36.4 Å². The van der Waals surface area contributed by atoms with E-state index in [0.29, 0.717) is 29.4 Å². The van der Waals surface area contributed by atoms with Crippen molar-refractivity contribution in [3.63, 3.8) is 0 Å². The van der Waals surface area contributed by atoms with E-state index >= 15 is 0 Å². The Morgan fingerprint density at radius 1 is 1.03 bits per heavy atom. The third-order valence-corrected chi connectivity index (χ3v) is 4.83. The number of nitrogens with zero attached hydrogens (tertiary/aromatic N) is 1. The van der Waals surface area contributed by atoms with Crippen LogP contribution in [0.5, 0.6) is 11.5 Å². The molecule has 162 valence electrons. The van der Waals surface area contributed by atoms with Crippen molar-refractivity contribution >= 4 is 40.8 Å². The number of anilines is 2. The highest BCUT2D eigenvalue weighted by molar-refractivity contribution is 6.53. The molecule has 2 aromatic carbocycles. The van der Waals surface area contributed by atoms with Gasteiger partial charge in [-0.3, -0.25) is 9.59 Å². The number of benzene rings is 2. The molecule has 0 radical (unpaired) electrons. The maximum Gasteiger partial charge on any atom is 0.338 e. The summed E-state index contributed by atoms with van der Waals surface area (Å²) >= 11 is 6.19. The van der Waals surface area contributed by atoms with Crippen LogP contribution >= 0.6 is 11.6 Å². The Hall–Kier alpha value is -3.52. The number of nitrogens with one attached hydrogen (secondary N) is 1. The van der Waals surface area contributed by atoms with Crippen LogP contribution in [0.15, 0.2) is 53.2 Å². The molecular formula is C22H21ClN2O6. The van der Waals surface area contributed by atoms with Gasteiger partial charge < -0.3 is 19.5 Å². The molecule has 1 aliphatic rings. The first-order chi connectivity index (χ1) is 14.9. The molecule has 1 aliphatic heterocycles. The molecule has 0 aliphatic carbocycles. The van der Waals surface area contributed by atoms with Crippen molar-refractivity contribution in [2.45, 2.75) is 13.3 Å². The minimum atomic E-state index is -0.694. The third-order valence-electron chi connectivity index (χ3n) is 4.48. The number of carbonyl (C=O) groups excluding carboxylic acids is 3. The number of amides is 2. The second-order valence-corrected chi connectivity index (χ2v) is 6.89. The number of imide groups is 1. The molecule has 0 fully saturated rings. The Morgan fingerprint density at radius 3 is 2.35 bits per heavy atom. The second-order valence-electron chi connectivity index (χ2n) is 6.51. The third kappa shape index (κ3) is 4.49. The zero-order valence-corrected chi connectivity index (χ0v) is 18.0. The van der Waals surface area contributed by atoms with Crippen molar-refractivity contribution in [3.05, 3.63) is 58.8 Å². The number of hydrogen-bond acceptors (Lipinski definition) is 7. The van der Waals surface area contributed by atoms with Crippen molar-refractivity contribution in [2.75, 3.05) is 31.0 Å². The lowest BCUT2D eigenvalue weighted by molar-refractivity contribution is -0.120. The molecule has 1 N–H and O–H groups in total. The molecule has 0 saturated heterocycles. The van der Waals surface area contributed by atoms with Crippen molar-refractivity contribution in [2.24, 2.45) is 0 Å². The first kappa shape index (κ1) is 22.2. The van der Waals surface area contributed by atoms with E-state index in [-0.39, 0.29) is 16.4 Å². The number of halogens is 1. The minimum Gasteiger partial charge on any atom is -0.497 e. The van der Waals surface area contributed by atoms with E-state index < -0.39 is 17.8 Å². The van der Waals surface area contributed by atoms with E-state index in [9.17, 15) is 14.4 Å². The van der Waals surface area contributed by atoms with Gasteiger partial charge in [0, 0.05) is 11.8 Å². The fraction of sp³-hybridized carbons (Fsp3) is 0.227. The largest absolute Gasteiger partial charge is 0.497 e.